The number of fused-ring (bicyclic) bond motifs is 3. The van der Waals surface area contributed by atoms with Crippen LogP contribution in [0.3, 0.4) is 0 Å². The average Bonchev–Trinajstić information content (AvgIpc) is 3.12. The summed E-state index contributed by atoms with van der Waals surface area (Å²) in [5.41, 5.74) is 4.11. The fourth-order valence-electron chi connectivity index (χ4n) is 3.36. The van der Waals surface area contributed by atoms with Gasteiger partial charge in [0.05, 0.1) is 21.5 Å². The summed E-state index contributed by atoms with van der Waals surface area (Å²) >= 11 is 1.53. The molecule has 0 saturated carbocycles. The van der Waals surface area contributed by atoms with Gasteiger partial charge in [0.15, 0.2) is 4.96 Å². The molecule has 3 aromatic carbocycles. The van der Waals surface area contributed by atoms with Crippen molar-refractivity contribution in [2.75, 3.05) is 0 Å². The minimum atomic E-state index is -0.0404. The first-order valence-corrected chi connectivity index (χ1v) is 9.86. The predicted molar refractivity (Wildman–Crippen MR) is 118 cm³/mol. The molecule has 0 aliphatic heterocycles. The van der Waals surface area contributed by atoms with E-state index in [1.54, 1.807) is 4.40 Å². The second-order valence-corrected chi connectivity index (χ2v) is 7.48. The van der Waals surface area contributed by atoms with Crippen molar-refractivity contribution < 1.29 is 0 Å². The van der Waals surface area contributed by atoms with Crippen molar-refractivity contribution in [2.24, 2.45) is 0 Å². The SMILES string of the molecule is O=c1c(-c2ccccc2)c(/C=C/c2ccccc2)nc2sc3ccccc3n12. The van der Waals surface area contributed by atoms with Crippen molar-refractivity contribution in [3.63, 3.8) is 0 Å². The standard InChI is InChI=1S/C24H16N2OS/c27-23-22(18-11-5-2-6-12-18)19(16-15-17-9-3-1-4-10-17)25-24-26(23)20-13-7-8-14-21(20)28-24/h1-16H/b16-15+. The maximum Gasteiger partial charge on any atom is 0.267 e. The van der Waals surface area contributed by atoms with Crippen molar-refractivity contribution in [1.29, 1.82) is 0 Å². The lowest BCUT2D eigenvalue weighted by atomic mass is 10.0. The second kappa shape index (κ2) is 6.91. The fraction of sp³-hybridized carbons (Fsp3) is 0. The van der Waals surface area contributed by atoms with E-state index in [1.165, 1.54) is 11.3 Å². The molecule has 2 aromatic heterocycles. The normalized spacial score (nSPS) is 11.6. The zero-order valence-electron chi connectivity index (χ0n) is 14.9. The molecule has 3 nitrogen and oxygen atoms in total. The van der Waals surface area contributed by atoms with Crippen LogP contribution in [0.5, 0.6) is 0 Å². The molecule has 28 heavy (non-hydrogen) atoms. The van der Waals surface area contributed by atoms with Crippen molar-refractivity contribution in [1.82, 2.24) is 9.38 Å². The number of para-hydroxylation sites is 1. The first kappa shape index (κ1) is 16.7. The number of thiazole rings is 1. The van der Waals surface area contributed by atoms with Gasteiger partial charge in [-0.2, -0.15) is 0 Å². The van der Waals surface area contributed by atoms with Crippen LogP contribution in [0.4, 0.5) is 0 Å². The van der Waals surface area contributed by atoms with Crippen molar-refractivity contribution in [2.45, 2.75) is 0 Å². The van der Waals surface area contributed by atoms with Crippen LogP contribution in [-0.2, 0) is 0 Å². The summed E-state index contributed by atoms with van der Waals surface area (Å²) in [6.45, 7) is 0. The van der Waals surface area contributed by atoms with Gasteiger partial charge in [0.25, 0.3) is 5.56 Å². The van der Waals surface area contributed by atoms with Gasteiger partial charge in [0.1, 0.15) is 0 Å². The first-order valence-electron chi connectivity index (χ1n) is 9.04. The van der Waals surface area contributed by atoms with Crippen LogP contribution in [0.25, 0.3) is 38.5 Å². The van der Waals surface area contributed by atoms with Crippen LogP contribution in [0.1, 0.15) is 11.3 Å². The van der Waals surface area contributed by atoms with Crippen molar-refractivity contribution in [3.8, 4) is 11.1 Å². The molecular weight excluding hydrogens is 364 g/mol. The van der Waals surface area contributed by atoms with E-state index in [2.05, 4.69) is 0 Å². The predicted octanol–water partition coefficient (Wildman–Crippen LogP) is 5.75. The maximum absolute atomic E-state index is 13.5. The number of aromatic nitrogens is 2. The third kappa shape index (κ3) is 2.84. The largest absolute Gasteiger partial charge is 0.268 e. The van der Waals surface area contributed by atoms with E-state index in [4.69, 9.17) is 4.98 Å². The molecule has 0 spiro atoms. The molecule has 4 heteroatoms. The van der Waals surface area contributed by atoms with Gasteiger partial charge in [-0.25, -0.2) is 4.98 Å². The van der Waals surface area contributed by atoms with Gasteiger partial charge in [-0.3, -0.25) is 9.20 Å². The lowest BCUT2D eigenvalue weighted by Crippen LogP contribution is -2.17. The van der Waals surface area contributed by atoms with E-state index >= 15 is 0 Å². The summed E-state index contributed by atoms with van der Waals surface area (Å²) in [4.78, 5) is 19.1. The fourth-order valence-corrected chi connectivity index (χ4v) is 4.38. The van der Waals surface area contributed by atoms with Crippen LogP contribution >= 0.6 is 11.3 Å². The minimum Gasteiger partial charge on any atom is -0.268 e. The molecule has 0 aliphatic carbocycles. The third-order valence-electron chi connectivity index (χ3n) is 4.68. The Morgan fingerprint density at radius 2 is 1.46 bits per heavy atom. The monoisotopic (exact) mass is 380 g/mol. The van der Waals surface area contributed by atoms with Gasteiger partial charge < -0.3 is 0 Å². The van der Waals surface area contributed by atoms with Crippen LogP contribution < -0.4 is 5.56 Å². The molecule has 0 saturated heterocycles. The summed E-state index contributed by atoms with van der Waals surface area (Å²) in [5.74, 6) is 0. The molecular formula is C24H16N2OS. The molecule has 5 aromatic rings. The van der Waals surface area contributed by atoms with Crippen molar-refractivity contribution in [3.05, 3.63) is 107 Å². The van der Waals surface area contributed by atoms with Crippen LogP contribution in [0.15, 0.2) is 89.7 Å². The summed E-state index contributed by atoms with van der Waals surface area (Å²) in [7, 11) is 0. The second-order valence-electron chi connectivity index (χ2n) is 6.48. The van der Waals surface area contributed by atoms with Gasteiger partial charge in [-0.15, -0.1) is 0 Å². The smallest absolute Gasteiger partial charge is 0.267 e. The topological polar surface area (TPSA) is 34.4 Å². The summed E-state index contributed by atoms with van der Waals surface area (Å²) in [6.07, 6.45) is 3.93. The molecule has 0 amide bonds. The van der Waals surface area contributed by atoms with E-state index in [0.717, 1.165) is 21.3 Å². The number of benzene rings is 3. The van der Waals surface area contributed by atoms with E-state index in [9.17, 15) is 4.79 Å². The Morgan fingerprint density at radius 1 is 0.786 bits per heavy atom. The molecule has 2 heterocycles. The van der Waals surface area contributed by atoms with Gasteiger partial charge >= 0.3 is 0 Å². The summed E-state index contributed by atoms with van der Waals surface area (Å²) < 4.78 is 2.78. The van der Waals surface area contributed by atoms with Gasteiger partial charge in [0, 0.05) is 0 Å². The molecule has 0 unspecified atom stereocenters. The number of hydrogen-bond donors (Lipinski definition) is 0. The zero-order chi connectivity index (χ0) is 18.9. The Kier molecular flexibility index (Phi) is 4.11. The Labute approximate surface area is 165 Å². The highest BCUT2D eigenvalue weighted by atomic mass is 32.1. The highest BCUT2D eigenvalue weighted by molar-refractivity contribution is 7.23. The highest BCUT2D eigenvalue weighted by Gasteiger charge is 2.16. The summed E-state index contributed by atoms with van der Waals surface area (Å²) in [6, 6.07) is 27.7. The van der Waals surface area contributed by atoms with Crippen LogP contribution in [0.2, 0.25) is 0 Å². The Bertz CT molecular complexity index is 1370. The number of nitrogens with zero attached hydrogens (tertiary/aromatic N) is 2. The highest BCUT2D eigenvalue weighted by Crippen LogP contribution is 2.27. The quantitative estimate of drug-likeness (QED) is 0.400. The van der Waals surface area contributed by atoms with Crippen LogP contribution in [0, 0.1) is 0 Å². The lowest BCUT2D eigenvalue weighted by Gasteiger charge is -2.07. The minimum absolute atomic E-state index is 0.0404. The van der Waals surface area contributed by atoms with E-state index < -0.39 is 0 Å². The molecule has 0 bridgehead atoms. The summed E-state index contributed by atoms with van der Waals surface area (Å²) in [5, 5.41) is 0. The molecule has 134 valence electrons. The first-order chi connectivity index (χ1) is 13.8. The molecule has 0 atom stereocenters. The van der Waals surface area contributed by atoms with Gasteiger partial charge in [-0.1, -0.05) is 90.2 Å². The van der Waals surface area contributed by atoms with Crippen LogP contribution in [-0.4, -0.2) is 9.38 Å². The molecule has 5 rings (SSSR count). The van der Waals surface area contributed by atoms with Gasteiger partial charge in [0.2, 0.25) is 0 Å². The third-order valence-corrected chi connectivity index (χ3v) is 5.71. The Balaban J connectivity index is 1.82. The molecule has 0 fully saturated rings. The maximum atomic E-state index is 13.5. The Hall–Kier alpha value is -3.50. The Morgan fingerprint density at radius 3 is 2.25 bits per heavy atom. The van der Waals surface area contributed by atoms with E-state index in [1.807, 2.05) is 97.1 Å². The van der Waals surface area contributed by atoms with E-state index in [0.29, 0.717) is 16.2 Å². The lowest BCUT2D eigenvalue weighted by molar-refractivity contribution is 1.11. The average molecular weight is 380 g/mol. The van der Waals surface area contributed by atoms with E-state index in [-0.39, 0.29) is 5.56 Å². The number of hydrogen-bond acceptors (Lipinski definition) is 3. The molecule has 0 radical (unpaired) electrons. The van der Waals surface area contributed by atoms with Gasteiger partial charge in [-0.05, 0) is 29.3 Å². The van der Waals surface area contributed by atoms with Crippen molar-refractivity contribution >= 4 is 38.7 Å². The molecule has 0 aliphatic rings. The zero-order valence-corrected chi connectivity index (χ0v) is 15.8. The number of rotatable bonds is 3. The molecule has 0 N–H and O–H groups in total.